The topological polar surface area (TPSA) is 50.7 Å². The summed E-state index contributed by atoms with van der Waals surface area (Å²) in [6, 6.07) is 12.8. The molecule has 0 bridgehead atoms. The van der Waals surface area contributed by atoms with Crippen LogP contribution in [0.25, 0.3) is 10.9 Å². The van der Waals surface area contributed by atoms with Crippen molar-refractivity contribution in [3.8, 4) is 0 Å². The zero-order chi connectivity index (χ0) is 14.1. The van der Waals surface area contributed by atoms with E-state index in [0.717, 1.165) is 11.2 Å². The molecule has 0 saturated carbocycles. The van der Waals surface area contributed by atoms with Gasteiger partial charge in [-0.05, 0) is 43.4 Å². The van der Waals surface area contributed by atoms with Crippen LogP contribution < -0.4 is 5.56 Å². The van der Waals surface area contributed by atoms with Crippen molar-refractivity contribution in [1.82, 2.24) is 14.5 Å². The lowest BCUT2D eigenvalue weighted by Crippen LogP contribution is -2.26. The van der Waals surface area contributed by atoms with E-state index in [-0.39, 0.29) is 11.6 Å². The molecule has 20 heavy (non-hydrogen) atoms. The van der Waals surface area contributed by atoms with Crippen LogP contribution in [-0.2, 0) is 0 Å². The van der Waals surface area contributed by atoms with Crippen molar-refractivity contribution in [2.24, 2.45) is 0 Å². The van der Waals surface area contributed by atoms with Crippen LogP contribution >= 0.6 is 12.2 Å². The highest BCUT2D eigenvalue weighted by Crippen LogP contribution is 2.15. The van der Waals surface area contributed by atoms with Crippen molar-refractivity contribution in [2.75, 3.05) is 0 Å². The summed E-state index contributed by atoms with van der Waals surface area (Å²) in [5.41, 5.74) is 1.47. The molecule has 0 radical (unpaired) electrons. The molecule has 3 rings (SSSR count). The number of fused-ring (bicyclic) bond motifs is 1. The quantitative estimate of drug-likeness (QED) is 0.735. The van der Waals surface area contributed by atoms with E-state index in [9.17, 15) is 4.79 Å². The van der Waals surface area contributed by atoms with Crippen molar-refractivity contribution in [3.63, 3.8) is 0 Å². The van der Waals surface area contributed by atoms with Crippen LogP contribution in [0.5, 0.6) is 0 Å². The van der Waals surface area contributed by atoms with Gasteiger partial charge in [0.25, 0.3) is 5.56 Å². The fourth-order valence-corrected chi connectivity index (χ4v) is 2.63. The first kappa shape index (κ1) is 12.7. The van der Waals surface area contributed by atoms with Gasteiger partial charge in [-0.25, -0.2) is 0 Å². The van der Waals surface area contributed by atoms with Gasteiger partial charge in [-0.15, -0.1) is 0 Å². The molecule has 0 aliphatic carbocycles. The summed E-state index contributed by atoms with van der Waals surface area (Å²) in [4.78, 5) is 20.0. The smallest absolute Gasteiger partial charge is 0.262 e. The minimum absolute atomic E-state index is 0.0949. The Kier molecular flexibility index (Phi) is 3.20. The lowest BCUT2D eigenvalue weighted by Gasteiger charge is -2.15. The normalized spacial score (nSPS) is 12.4. The highest BCUT2D eigenvalue weighted by Gasteiger charge is 2.14. The predicted molar refractivity (Wildman–Crippen MR) is 81.4 cm³/mol. The molecule has 0 saturated heterocycles. The summed E-state index contributed by atoms with van der Waals surface area (Å²) in [5, 5.41) is 0.629. The van der Waals surface area contributed by atoms with Gasteiger partial charge >= 0.3 is 0 Å². The number of H-pyrrole nitrogens is 1. The molecular formula is C15H13N3OS. The third-order valence-corrected chi connectivity index (χ3v) is 3.64. The number of hydrogen-bond donors (Lipinski definition) is 1. The molecule has 3 aromatic rings. The number of nitrogens with one attached hydrogen (secondary N) is 1. The molecule has 5 heteroatoms. The standard InChI is InChI=1S/C15H13N3OS/c1-10(12-7-4-5-9-16-12)18-14(19)11-6-2-3-8-13(11)17-15(18)20/h2-10H,1H3,(H,17,20). The Morgan fingerprint density at radius 3 is 2.70 bits per heavy atom. The summed E-state index contributed by atoms with van der Waals surface area (Å²) < 4.78 is 1.98. The van der Waals surface area contributed by atoms with Gasteiger partial charge in [-0.1, -0.05) is 18.2 Å². The van der Waals surface area contributed by atoms with Crippen molar-refractivity contribution >= 4 is 23.1 Å². The van der Waals surface area contributed by atoms with E-state index < -0.39 is 0 Å². The maximum Gasteiger partial charge on any atom is 0.262 e. The number of rotatable bonds is 2. The zero-order valence-corrected chi connectivity index (χ0v) is 11.7. The van der Waals surface area contributed by atoms with Gasteiger partial charge in [0.15, 0.2) is 4.77 Å². The molecule has 0 aliphatic rings. The SMILES string of the molecule is CC(c1ccccn1)n1c(=S)[nH]c2ccccc2c1=O. The van der Waals surface area contributed by atoms with Crippen LogP contribution in [0.2, 0.25) is 0 Å². The second-order valence-corrected chi connectivity index (χ2v) is 4.97. The van der Waals surface area contributed by atoms with Crippen LogP contribution in [0, 0.1) is 4.77 Å². The van der Waals surface area contributed by atoms with Gasteiger partial charge in [0.1, 0.15) is 0 Å². The fourth-order valence-electron chi connectivity index (χ4n) is 2.28. The first-order valence-corrected chi connectivity index (χ1v) is 6.74. The van der Waals surface area contributed by atoms with Gasteiger partial charge in [-0.3, -0.25) is 14.3 Å². The summed E-state index contributed by atoms with van der Waals surface area (Å²) in [5.74, 6) is 0. The van der Waals surface area contributed by atoms with Gasteiger partial charge in [0, 0.05) is 6.20 Å². The monoisotopic (exact) mass is 283 g/mol. The number of hydrogen-bond acceptors (Lipinski definition) is 3. The second kappa shape index (κ2) is 5.02. The van der Waals surface area contributed by atoms with Crippen LogP contribution in [0.3, 0.4) is 0 Å². The largest absolute Gasteiger partial charge is 0.332 e. The number of aromatic nitrogens is 3. The Hall–Kier alpha value is -2.27. The van der Waals surface area contributed by atoms with Gasteiger partial charge in [-0.2, -0.15) is 0 Å². The lowest BCUT2D eigenvalue weighted by molar-refractivity contribution is 0.584. The third-order valence-electron chi connectivity index (χ3n) is 3.34. The molecule has 100 valence electrons. The Bertz CT molecular complexity index is 867. The van der Waals surface area contributed by atoms with Crippen molar-refractivity contribution < 1.29 is 0 Å². The highest BCUT2D eigenvalue weighted by atomic mass is 32.1. The highest BCUT2D eigenvalue weighted by molar-refractivity contribution is 7.71. The number of pyridine rings is 1. The first-order valence-electron chi connectivity index (χ1n) is 6.33. The summed E-state index contributed by atoms with van der Waals surface area (Å²) in [6.45, 7) is 1.92. The molecule has 0 spiro atoms. The average Bonchev–Trinajstić information content (AvgIpc) is 2.48. The number of para-hydroxylation sites is 1. The Labute approximate surface area is 120 Å². The molecule has 2 heterocycles. The van der Waals surface area contributed by atoms with E-state index in [4.69, 9.17) is 12.2 Å². The molecule has 0 fully saturated rings. The molecule has 4 nitrogen and oxygen atoms in total. The van der Waals surface area contributed by atoms with E-state index in [2.05, 4.69) is 9.97 Å². The first-order chi connectivity index (χ1) is 9.68. The third kappa shape index (κ3) is 2.06. The lowest BCUT2D eigenvalue weighted by atomic mass is 10.2. The minimum atomic E-state index is -0.211. The molecule has 2 aromatic heterocycles. The molecule has 0 aliphatic heterocycles. The minimum Gasteiger partial charge on any atom is -0.332 e. The molecular weight excluding hydrogens is 270 g/mol. The van der Waals surface area contributed by atoms with E-state index in [0.29, 0.717) is 10.2 Å². The molecule has 1 atom stereocenters. The Balaban J connectivity index is 2.27. The van der Waals surface area contributed by atoms with E-state index in [1.165, 1.54) is 0 Å². The predicted octanol–water partition coefficient (Wildman–Crippen LogP) is 3.06. The van der Waals surface area contributed by atoms with Crippen LogP contribution in [0.4, 0.5) is 0 Å². The van der Waals surface area contributed by atoms with Gasteiger partial charge in [0.05, 0.1) is 22.6 Å². The molecule has 1 N–H and O–H groups in total. The van der Waals surface area contributed by atoms with E-state index >= 15 is 0 Å². The number of benzene rings is 1. The van der Waals surface area contributed by atoms with E-state index in [1.54, 1.807) is 16.8 Å². The van der Waals surface area contributed by atoms with Crippen LogP contribution in [0.1, 0.15) is 18.7 Å². The fraction of sp³-hybridized carbons (Fsp3) is 0.133. The van der Waals surface area contributed by atoms with Crippen molar-refractivity contribution in [1.29, 1.82) is 0 Å². The van der Waals surface area contributed by atoms with Crippen molar-refractivity contribution in [3.05, 3.63) is 69.5 Å². The molecule has 1 aromatic carbocycles. The summed E-state index contributed by atoms with van der Waals surface area (Å²) >= 11 is 5.32. The van der Waals surface area contributed by atoms with Crippen LogP contribution in [-0.4, -0.2) is 14.5 Å². The summed E-state index contributed by atoms with van der Waals surface area (Å²) in [6.07, 6.45) is 1.71. The number of aromatic amines is 1. The Morgan fingerprint density at radius 1 is 1.20 bits per heavy atom. The van der Waals surface area contributed by atoms with Crippen molar-refractivity contribution in [2.45, 2.75) is 13.0 Å². The van der Waals surface area contributed by atoms with E-state index in [1.807, 2.05) is 43.3 Å². The average molecular weight is 283 g/mol. The maximum absolute atomic E-state index is 12.6. The molecule has 0 amide bonds. The maximum atomic E-state index is 12.6. The van der Waals surface area contributed by atoms with Gasteiger partial charge < -0.3 is 4.98 Å². The van der Waals surface area contributed by atoms with Crippen LogP contribution in [0.15, 0.2) is 53.5 Å². The molecule has 1 unspecified atom stereocenters. The second-order valence-electron chi connectivity index (χ2n) is 4.58. The summed E-state index contributed by atoms with van der Waals surface area (Å²) in [7, 11) is 0. The Morgan fingerprint density at radius 2 is 1.95 bits per heavy atom. The zero-order valence-electron chi connectivity index (χ0n) is 10.9. The van der Waals surface area contributed by atoms with Gasteiger partial charge in [0.2, 0.25) is 0 Å². The number of nitrogens with zero attached hydrogens (tertiary/aromatic N) is 2.